The average Bonchev–Trinajstić information content (AvgIpc) is 2.71. The number of nitrogens with one attached hydrogen (secondary N) is 1. The molecule has 0 unspecified atom stereocenters. The Kier molecular flexibility index (Phi) is 8.47. The molecule has 0 aliphatic carbocycles. The second-order valence-electron chi connectivity index (χ2n) is 5.91. The van der Waals surface area contributed by atoms with Gasteiger partial charge in [0.1, 0.15) is 11.6 Å². The van der Waals surface area contributed by atoms with Crippen molar-refractivity contribution in [3.05, 3.63) is 54.3 Å². The molecular formula is C20H21FN2O5S. The number of nitrogens with zero attached hydrogens (tertiary/aromatic N) is 1. The highest BCUT2D eigenvalue weighted by Gasteiger charge is 2.16. The fourth-order valence-electron chi connectivity index (χ4n) is 2.20. The van der Waals surface area contributed by atoms with Crippen LogP contribution in [0.4, 0.5) is 10.1 Å². The molecule has 1 N–H and O–H groups in total. The van der Waals surface area contributed by atoms with Gasteiger partial charge in [-0.05, 0) is 24.3 Å². The predicted octanol–water partition coefficient (Wildman–Crippen LogP) is 2.57. The maximum absolute atomic E-state index is 13.5. The number of carbonyl (C=O) groups excluding carboxylic acids is 3. The van der Waals surface area contributed by atoms with Crippen LogP contribution in [0.2, 0.25) is 0 Å². The van der Waals surface area contributed by atoms with E-state index in [2.05, 4.69) is 5.32 Å². The molecule has 0 aromatic heterocycles. The molecule has 9 heteroatoms. The van der Waals surface area contributed by atoms with Crippen molar-refractivity contribution in [1.29, 1.82) is 0 Å². The van der Waals surface area contributed by atoms with Crippen molar-refractivity contribution in [3.8, 4) is 5.75 Å². The molecule has 0 heterocycles. The number of methoxy groups -OCH3 is 1. The largest absolute Gasteiger partial charge is 0.497 e. The third-order valence-electron chi connectivity index (χ3n) is 3.70. The number of hydrogen-bond donors (Lipinski definition) is 1. The highest BCUT2D eigenvalue weighted by molar-refractivity contribution is 8.00. The van der Waals surface area contributed by atoms with Crippen LogP contribution < -0.4 is 10.1 Å². The maximum Gasteiger partial charge on any atom is 0.316 e. The van der Waals surface area contributed by atoms with Gasteiger partial charge >= 0.3 is 5.97 Å². The smallest absolute Gasteiger partial charge is 0.316 e. The number of anilines is 1. The zero-order valence-electron chi connectivity index (χ0n) is 16.0. The first-order chi connectivity index (χ1) is 13.9. The van der Waals surface area contributed by atoms with Crippen LogP contribution in [-0.4, -0.2) is 55.7 Å². The first-order valence-corrected chi connectivity index (χ1v) is 9.58. The normalized spacial score (nSPS) is 10.2. The summed E-state index contributed by atoms with van der Waals surface area (Å²) in [5.74, 6) is -1.56. The lowest BCUT2D eigenvalue weighted by molar-refractivity contribution is -0.149. The standard InChI is InChI=1S/C20H21FN2O5S/c1-23(11-18(24)22-14-6-5-7-15(10-14)27-2)19(25)12-28-20(26)13-29-17-9-4-3-8-16(17)21/h3-10H,11-13H2,1-2H3,(H,22,24). The van der Waals surface area contributed by atoms with E-state index in [0.717, 1.165) is 16.7 Å². The molecule has 0 fully saturated rings. The van der Waals surface area contributed by atoms with Crippen molar-refractivity contribution in [3.63, 3.8) is 0 Å². The van der Waals surface area contributed by atoms with Crippen LogP contribution in [0.1, 0.15) is 0 Å². The van der Waals surface area contributed by atoms with Crippen molar-refractivity contribution in [2.24, 2.45) is 0 Å². The molecule has 0 radical (unpaired) electrons. The average molecular weight is 420 g/mol. The van der Waals surface area contributed by atoms with E-state index in [1.807, 2.05) is 0 Å². The van der Waals surface area contributed by atoms with E-state index < -0.39 is 30.2 Å². The Bertz CT molecular complexity index is 877. The molecule has 2 amide bonds. The van der Waals surface area contributed by atoms with E-state index in [0.29, 0.717) is 16.3 Å². The fraction of sp³-hybridized carbons (Fsp3) is 0.250. The molecule has 2 rings (SSSR count). The summed E-state index contributed by atoms with van der Waals surface area (Å²) in [7, 11) is 2.94. The van der Waals surface area contributed by atoms with Gasteiger partial charge in [-0.3, -0.25) is 14.4 Å². The second kappa shape index (κ2) is 11.1. The van der Waals surface area contributed by atoms with Gasteiger partial charge in [0.05, 0.1) is 19.4 Å². The summed E-state index contributed by atoms with van der Waals surface area (Å²) in [6, 6.07) is 12.9. The number of carbonyl (C=O) groups is 3. The fourth-order valence-corrected chi connectivity index (χ4v) is 2.93. The van der Waals surface area contributed by atoms with Gasteiger partial charge in [0.2, 0.25) is 5.91 Å². The highest BCUT2D eigenvalue weighted by atomic mass is 32.2. The Balaban J connectivity index is 1.73. The topological polar surface area (TPSA) is 84.9 Å². The third-order valence-corrected chi connectivity index (χ3v) is 4.72. The summed E-state index contributed by atoms with van der Waals surface area (Å²) in [5.41, 5.74) is 0.534. The molecule has 0 saturated heterocycles. The molecule has 29 heavy (non-hydrogen) atoms. The molecule has 2 aromatic carbocycles. The summed E-state index contributed by atoms with van der Waals surface area (Å²) in [6.45, 7) is -0.711. The number of rotatable bonds is 9. The van der Waals surface area contributed by atoms with Gasteiger partial charge < -0.3 is 19.7 Å². The van der Waals surface area contributed by atoms with Crippen LogP contribution >= 0.6 is 11.8 Å². The zero-order valence-corrected chi connectivity index (χ0v) is 16.8. The molecule has 2 aromatic rings. The van der Waals surface area contributed by atoms with E-state index >= 15 is 0 Å². The van der Waals surface area contributed by atoms with E-state index in [9.17, 15) is 18.8 Å². The molecule has 0 bridgehead atoms. The summed E-state index contributed by atoms with van der Waals surface area (Å²) in [6.07, 6.45) is 0. The number of halogens is 1. The van der Waals surface area contributed by atoms with Crippen LogP contribution in [0.25, 0.3) is 0 Å². The Morgan fingerprint density at radius 2 is 1.90 bits per heavy atom. The van der Waals surface area contributed by atoms with Crippen LogP contribution in [-0.2, 0) is 19.1 Å². The Morgan fingerprint density at radius 1 is 1.14 bits per heavy atom. The lowest BCUT2D eigenvalue weighted by Crippen LogP contribution is -2.37. The van der Waals surface area contributed by atoms with Gasteiger partial charge in [0.25, 0.3) is 5.91 Å². The van der Waals surface area contributed by atoms with Crippen LogP contribution in [0.5, 0.6) is 5.75 Å². The van der Waals surface area contributed by atoms with Gasteiger partial charge in [0, 0.05) is 23.7 Å². The third kappa shape index (κ3) is 7.46. The number of amides is 2. The molecule has 0 spiro atoms. The van der Waals surface area contributed by atoms with Gasteiger partial charge in [-0.2, -0.15) is 0 Å². The highest BCUT2D eigenvalue weighted by Crippen LogP contribution is 2.21. The first-order valence-electron chi connectivity index (χ1n) is 8.60. The van der Waals surface area contributed by atoms with E-state index in [4.69, 9.17) is 9.47 Å². The Hall–Kier alpha value is -3.07. The molecule has 0 aliphatic rings. The minimum absolute atomic E-state index is 0.131. The van der Waals surface area contributed by atoms with Crippen LogP contribution in [0, 0.1) is 5.82 Å². The summed E-state index contributed by atoms with van der Waals surface area (Å²) >= 11 is 0.981. The SMILES string of the molecule is COc1cccc(NC(=O)CN(C)C(=O)COC(=O)CSc2ccccc2F)c1. The minimum atomic E-state index is -0.652. The van der Waals surface area contributed by atoms with Crippen LogP contribution in [0.15, 0.2) is 53.4 Å². The van der Waals surface area contributed by atoms with Crippen molar-refractivity contribution in [2.45, 2.75) is 4.90 Å². The van der Waals surface area contributed by atoms with Gasteiger partial charge in [-0.15, -0.1) is 11.8 Å². The summed E-state index contributed by atoms with van der Waals surface area (Å²) in [4.78, 5) is 37.3. The molecule has 0 saturated carbocycles. The van der Waals surface area contributed by atoms with Crippen LogP contribution in [0.3, 0.4) is 0 Å². The van der Waals surface area contributed by atoms with Crippen molar-refractivity contribution >= 4 is 35.2 Å². The number of hydrogen-bond acceptors (Lipinski definition) is 6. The van der Waals surface area contributed by atoms with Gasteiger partial charge in [0.15, 0.2) is 6.61 Å². The quantitative estimate of drug-likeness (QED) is 0.496. The number of likely N-dealkylation sites (N-methyl/N-ethyl adjacent to an activating group) is 1. The summed E-state index contributed by atoms with van der Waals surface area (Å²) < 4.78 is 23.5. The molecule has 154 valence electrons. The lowest BCUT2D eigenvalue weighted by Gasteiger charge is -2.17. The molecule has 0 aliphatic heterocycles. The first kappa shape index (κ1) is 22.2. The molecular weight excluding hydrogens is 399 g/mol. The lowest BCUT2D eigenvalue weighted by atomic mass is 10.3. The van der Waals surface area contributed by atoms with Crippen molar-refractivity contribution in [2.75, 3.05) is 38.4 Å². The van der Waals surface area contributed by atoms with Gasteiger partial charge in [-0.1, -0.05) is 18.2 Å². The monoisotopic (exact) mass is 420 g/mol. The van der Waals surface area contributed by atoms with Crippen molar-refractivity contribution < 1.29 is 28.2 Å². The van der Waals surface area contributed by atoms with E-state index in [1.54, 1.807) is 42.5 Å². The number of ether oxygens (including phenoxy) is 2. The zero-order chi connectivity index (χ0) is 21.2. The molecule has 7 nitrogen and oxygen atoms in total. The second-order valence-corrected chi connectivity index (χ2v) is 6.93. The molecule has 0 atom stereocenters. The number of benzene rings is 2. The Morgan fingerprint density at radius 3 is 2.62 bits per heavy atom. The predicted molar refractivity (Wildman–Crippen MR) is 107 cm³/mol. The van der Waals surface area contributed by atoms with Gasteiger partial charge in [-0.25, -0.2) is 4.39 Å². The number of thioether (sulfide) groups is 1. The van der Waals surface area contributed by atoms with E-state index in [1.165, 1.54) is 20.2 Å². The summed E-state index contributed by atoms with van der Waals surface area (Å²) in [5, 5.41) is 2.65. The number of esters is 1. The van der Waals surface area contributed by atoms with E-state index in [-0.39, 0.29) is 12.3 Å². The maximum atomic E-state index is 13.5. The minimum Gasteiger partial charge on any atom is -0.497 e. The van der Waals surface area contributed by atoms with Crippen molar-refractivity contribution in [1.82, 2.24) is 4.90 Å². The Labute approximate surface area is 172 Å².